The van der Waals surface area contributed by atoms with Crippen LogP contribution in [0.3, 0.4) is 0 Å². The third kappa shape index (κ3) is 3.77. The van der Waals surface area contributed by atoms with Gasteiger partial charge in [-0.1, -0.05) is 19.1 Å². The van der Waals surface area contributed by atoms with E-state index < -0.39 is 0 Å². The van der Waals surface area contributed by atoms with E-state index in [9.17, 15) is 9.18 Å². The van der Waals surface area contributed by atoms with Gasteiger partial charge in [-0.15, -0.1) is 0 Å². The average Bonchev–Trinajstić information content (AvgIpc) is 2.62. The van der Waals surface area contributed by atoms with Crippen molar-refractivity contribution in [2.75, 3.05) is 6.54 Å². The number of hydrogen-bond acceptors (Lipinski definition) is 2. The summed E-state index contributed by atoms with van der Waals surface area (Å²) in [6.45, 7) is 2.83. The van der Waals surface area contributed by atoms with Crippen molar-refractivity contribution in [2.24, 2.45) is 0 Å². The smallest absolute Gasteiger partial charge is 0.237 e. The lowest BCUT2D eigenvalue weighted by atomic mass is 10.0. The van der Waals surface area contributed by atoms with E-state index in [0.29, 0.717) is 0 Å². The van der Waals surface area contributed by atoms with Crippen LogP contribution in [0.2, 0.25) is 0 Å². The number of carbonyl (C=O) groups excluding carboxylic acids is 1. The Morgan fingerprint density at radius 3 is 2.79 bits per heavy atom. The monoisotopic (exact) mass is 264 g/mol. The molecule has 1 fully saturated rings. The summed E-state index contributed by atoms with van der Waals surface area (Å²) in [4.78, 5) is 11.9. The number of carbonyl (C=O) groups is 1. The quantitative estimate of drug-likeness (QED) is 0.877. The van der Waals surface area contributed by atoms with Crippen LogP contribution in [0.4, 0.5) is 4.39 Å². The van der Waals surface area contributed by atoms with Crippen molar-refractivity contribution >= 4 is 5.91 Å². The van der Waals surface area contributed by atoms with Crippen LogP contribution in [-0.2, 0) is 4.79 Å². The minimum atomic E-state index is -0.231. The van der Waals surface area contributed by atoms with Gasteiger partial charge in [-0.3, -0.25) is 10.1 Å². The molecule has 2 N–H and O–H groups in total. The summed E-state index contributed by atoms with van der Waals surface area (Å²) < 4.78 is 12.9. The van der Waals surface area contributed by atoms with E-state index >= 15 is 0 Å². The van der Waals surface area contributed by atoms with Crippen LogP contribution in [0.1, 0.15) is 44.2 Å². The van der Waals surface area contributed by atoms with Gasteiger partial charge in [-0.25, -0.2) is 4.39 Å². The third-order valence-corrected chi connectivity index (χ3v) is 3.62. The highest BCUT2D eigenvalue weighted by molar-refractivity contribution is 5.81. The van der Waals surface area contributed by atoms with Gasteiger partial charge in [0, 0.05) is 12.6 Å². The summed E-state index contributed by atoms with van der Waals surface area (Å²) in [6, 6.07) is 6.45. The molecule has 1 heterocycles. The second-order valence-corrected chi connectivity index (χ2v) is 5.02. The Bertz CT molecular complexity index is 419. The first kappa shape index (κ1) is 14.0. The second kappa shape index (κ2) is 6.66. The zero-order valence-corrected chi connectivity index (χ0v) is 11.3. The highest BCUT2D eigenvalue weighted by Gasteiger charge is 2.23. The molecule has 3 nitrogen and oxygen atoms in total. The molecule has 2 rings (SSSR count). The Balaban J connectivity index is 2.05. The van der Waals surface area contributed by atoms with Gasteiger partial charge in [0.1, 0.15) is 5.82 Å². The first-order valence-corrected chi connectivity index (χ1v) is 7.00. The van der Waals surface area contributed by atoms with E-state index in [1.165, 1.54) is 12.1 Å². The predicted octanol–water partition coefficient (Wildman–Crippen LogP) is 2.54. The van der Waals surface area contributed by atoms with E-state index in [4.69, 9.17) is 0 Å². The Hall–Kier alpha value is -1.42. The van der Waals surface area contributed by atoms with Crippen molar-refractivity contribution in [3.63, 3.8) is 0 Å². The zero-order valence-electron chi connectivity index (χ0n) is 11.3. The number of nitrogens with one attached hydrogen (secondary N) is 2. The van der Waals surface area contributed by atoms with E-state index in [1.54, 1.807) is 12.1 Å². The molecule has 0 saturated carbocycles. The molecule has 1 aliphatic heterocycles. The minimum Gasteiger partial charge on any atom is -0.355 e. The minimum absolute atomic E-state index is 0.0815. The molecule has 0 spiro atoms. The Morgan fingerprint density at radius 2 is 2.11 bits per heavy atom. The molecule has 0 aromatic heterocycles. The van der Waals surface area contributed by atoms with E-state index in [1.807, 2.05) is 0 Å². The van der Waals surface area contributed by atoms with Gasteiger partial charge < -0.3 is 5.32 Å². The maximum absolute atomic E-state index is 12.9. The molecule has 0 radical (unpaired) electrons. The van der Waals surface area contributed by atoms with Crippen LogP contribution < -0.4 is 10.6 Å². The van der Waals surface area contributed by atoms with Crippen molar-refractivity contribution in [3.05, 3.63) is 35.6 Å². The fourth-order valence-electron chi connectivity index (χ4n) is 2.49. The number of amides is 1. The number of benzene rings is 1. The van der Waals surface area contributed by atoms with Crippen LogP contribution in [-0.4, -0.2) is 18.5 Å². The summed E-state index contributed by atoms with van der Waals surface area (Å²) in [5.74, 6) is -0.149. The summed E-state index contributed by atoms with van der Waals surface area (Å²) in [7, 11) is 0. The summed E-state index contributed by atoms with van der Waals surface area (Å²) in [6.07, 6.45) is 3.83. The van der Waals surface area contributed by atoms with Crippen molar-refractivity contribution in [1.82, 2.24) is 10.6 Å². The zero-order chi connectivity index (χ0) is 13.7. The lowest BCUT2D eigenvalue weighted by Gasteiger charge is -2.23. The van der Waals surface area contributed by atoms with E-state index in [2.05, 4.69) is 17.6 Å². The largest absolute Gasteiger partial charge is 0.355 e. The molecule has 1 amide bonds. The van der Waals surface area contributed by atoms with Gasteiger partial charge in [0.05, 0.1) is 6.04 Å². The van der Waals surface area contributed by atoms with Crippen molar-refractivity contribution in [3.8, 4) is 0 Å². The SMILES string of the molecule is CCC(NC1CCCCNC1=O)c1ccc(F)cc1. The predicted molar refractivity (Wildman–Crippen MR) is 73.2 cm³/mol. The highest BCUT2D eigenvalue weighted by atomic mass is 19.1. The van der Waals surface area contributed by atoms with Gasteiger partial charge in [0.25, 0.3) is 0 Å². The molecule has 0 bridgehead atoms. The van der Waals surface area contributed by atoms with Gasteiger partial charge in [-0.05, 0) is 43.4 Å². The lowest BCUT2D eigenvalue weighted by molar-refractivity contribution is -0.123. The molecular formula is C15H21FN2O. The topological polar surface area (TPSA) is 41.1 Å². The first-order chi connectivity index (χ1) is 9.20. The standard InChI is InChI=1S/C15H21FN2O/c1-2-13(11-6-8-12(16)9-7-11)18-14-5-3-4-10-17-15(14)19/h6-9,13-14,18H,2-5,10H2,1H3,(H,17,19). The van der Waals surface area contributed by atoms with Crippen LogP contribution >= 0.6 is 0 Å². The number of hydrogen-bond donors (Lipinski definition) is 2. The molecule has 104 valence electrons. The molecule has 1 aliphatic rings. The molecule has 4 heteroatoms. The molecule has 19 heavy (non-hydrogen) atoms. The molecule has 0 aliphatic carbocycles. The summed E-state index contributed by atoms with van der Waals surface area (Å²) in [5.41, 5.74) is 1.03. The van der Waals surface area contributed by atoms with Crippen molar-refractivity contribution < 1.29 is 9.18 Å². The number of rotatable bonds is 4. The first-order valence-electron chi connectivity index (χ1n) is 7.00. The molecule has 2 atom stereocenters. The molecular weight excluding hydrogens is 243 g/mol. The Labute approximate surface area is 113 Å². The lowest BCUT2D eigenvalue weighted by Crippen LogP contribution is -2.44. The maximum atomic E-state index is 12.9. The van der Waals surface area contributed by atoms with Gasteiger partial charge >= 0.3 is 0 Å². The summed E-state index contributed by atoms with van der Waals surface area (Å²) >= 11 is 0. The van der Waals surface area contributed by atoms with Gasteiger partial charge in [0.2, 0.25) is 5.91 Å². The van der Waals surface area contributed by atoms with Crippen LogP contribution in [0.15, 0.2) is 24.3 Å². The van der Waals surface area contributed by atoms with Crippen molar-refractivity contribution in [2.45, 2.75) is 44.7 Å². The van der Waals surface area contributed by atoms with Crippen molar-refractivity contribution in [1.29, 1.82) is 0 Å². The fraction of sp³-hybridized carbons (Fsp3) is 0.533. The van der Waals surface area contributed by atoms with Crippen LogP contribution in [0.5, 0.6) is 0 Å². The maximum Gasteiger partial charge on any atom is 0.237 e. The fourth-order valence-corrected chi connectivity index (χ4v) is 2.49. The number of halogens is 1. The van der Waals surface area contributed by atoms with Gasteiger partial charge in [-0.2, -0.15) is 0 Å². The Kier molecular flexibility index (Phi) is 4.91. The van der Waals surface area contributed by atoms with Crippen LogP contribution in [0, 0.1) is 5.82 Å². The summed E-state index contributed by atoms with van der Waals surface area (Å²) in [5, 5.41) is 6.32. The molecule has 1 aromatic carbocycles. The molecule has 1 aromatic rings. The average molecular weight is 264 g/mol. The second-order valence-electron chi connectivity index (χ2n) is 5.02. The van der Waals surface area contributed by atoms with E-state index in [0.717, 1.165) is 37.8 Å². The van der Waals surface area contributed by atoms with Gasteiger partial charge in [0.15, 0.2) is 0 Å². The van der Waals surface area contributed by atoms with Crippen LogP contribution in [0.25, 0.3) is 0 Å². The Morgan fingerprint density at radius 1 is 1.37 bits per heavy atom. The normalized spacial score (nSPS) is 21.6. The highest BCUT2D eigenvalue weighted by Crippen LogP contribution is 2.19. The molecule has 1 saturated heterocycles. The third-order valence-electron chi connectivity index (χ3n) is 3.62. The van der Waals surface area contributed by atoms with E-state index in [-0.39, 0.29) is 23.8 Å². The molecule has 2 unspecified atom stereocenters.